The van der Waals surface area contributed by atoms with Crippen LogP contribution in [0.4, 0.5) is 0 Å². The van der Waals surface area contributed by atoms with E-state index in [2.05, 4.69) is 86.8 Å². The lowest BCUT2D eigenvalue weighted by Crippen LogP contribution is -2.44. The van der Waals surface area contributed by atoms with Crippen molar-refractivity contribution >= 4 is 17.9 Å². The SMILES string of the molecule is CC/C=C\C/C=C\C/C=C\C/C=C\CCCCCCCCCCCCC(=O)OC(COC(=O)CCCCCCCCCCC/C=C\C/C=C\CCCCCCC)COC(OCC[N+](C)(C)C)C(=O)[O-]. The van der Waals surface area contributed by atoms with Gasteiger partial charge in [-0.2, -0.15) is 0 Å². The summed E-state index contributed by atoms with van der Waals surface area (Å²) in [6.45, 7) is 4.62. The molecule has 0 bridgehead atoms. The summed E-state index contributed by atoms with van der Waals surface area (Å²) in [5.74, 6) is -2.29. The van der Waals surface area contributed by atoms with Crippen LogP contribution in [0.15, 0.2) is 72.9 Å². The van der Waals surface area contributed by atoms with Crippen molar-refractivity contribution in [3.8, 4) is 0 Å². The topological polar surface area (TPSA) is 111 Å². The molecule has 0 saturated heterocycles. The van der Waals surface area contributed by atoms with Crippen molar-refractivity contribution in [1.82, 2.24) is 0 Å². The van der Waals surface area contributed by atoms with Gasteiger partial charge < -0.3 is 33.3 Å². The summed E-state index contributed by atoms with van der Waals surface area (Å²) in [6.07, 6.45) is 62.2. The summed E-state index contributed by atoms with van der Waals surface area (Å²) < 4.78 is 22.7. The maximum Gasteiger partial charge on any atom is 0.306 e. The number of likely N-dealkylation sites (N-methyl/N-ethyl adjacent to an activating group) is 1. The molecule has 0 radical (unpaired) electrons. The number of allylic oxidation sites excluding steroid dienone is 12. The molecule has 0 heterocycles. The molecule has 0 aromatic carbocycles. The third-order valence-electron chi connectivity index (χ3n) is 11.9. The highest BCUT2D eigenvalue weighted by Gasteiger charge is 2.22. The second-order valence-corrected chi connectivity index (χ2v) is 19.8. The number of nitrogens with zero attached hydrogens (tertiary/aromatic N) is 1. The average Bonchev–Trinajstić information content (AvgIpc) is 3.31. The van der Waals surface area contributed by atoms with Gasteiger partial charge in [0.15, 0.2) is 12.4 Å². The smallest absolute Gasteiger partial charge is 0.306 e. The molecular weight excluding hydrogens is 863 g/mol. The maximum absolute atomic E-state index is 12.9. The Hall–Kier alpha value is -3.27. The third kappa shape index (κ3) is 52.4. The molecule has 0 aliphatic heterocycles. The Morgan fingerprint density at radius 1 is 0.449 bits per heavy atom. The number of ether oxygens (including phenoxy) is 4. The van der Waals surface area contributed by atoms with Crippen LogP contribution in [0.1, 0.15) is 232 Å². The van der Waals surface area contributed by atoms with Crippen molar-refractivity contribution in [2.75, 3.05) is 47.5 Å². The Labute approximate surface area is 424 Å². The Morgan fingerprint density at radius 3 is 1.23 bits per heavy atom. The lowest BCUT2D eigenvalue weighted by Gasteiger charge is -2.26. The molecular formula is C60H105NO8. The van der Waals surface area contributed by atoms with Crippen molar-refractivity contribution in [3.63, 3.8) is 0 Å². The van der Waals surface area contributed by atoms with Crippen LogP contribution < -0.4 is 5.11 Å². The van der Waals surface area contributed by atoms with Crippen LogP contribution in [0.2, 0.25) is 0 Å². The molecule has 0 aliphatic carbocycles. The zero-order valence-corrected chi connectivity index (χ0v) is 45.2. The van der Waals surface area contributed by atoms with Crippen LogP contribution in [0, 0.1) is 0 Å². The first-order chi connectivity index (χ1) is 33.6. The predicted octanol–water partition coefficient (Wildman–Crippen LogP) is 14.9. The number of hydrogen-bond acceptors (Lipinski definition) is 8. The van der Waals surface area contributed by atoms with E-state index in [1.165, 1.54) is 122 Å². The minimum absolute atomic E-state index is 0.143. The van der Waals surface area contributed by atoms with Gasteiger partial charge in [0.05, 0.1) is 40.3 Å². The van der Waals surface area contributed by atoms with E-state index in [-0.39, 0.29) is 38.6 Å². The Balaban J connectivity index is 4.30. The van der Waals surface area contributed by atoms with Crippen molar-refractivity contribution in [2.45, 2.75) is 245 Å². The first-order valence-electron chi connectivity index (χ1n) is 28.1. The van der Waals surface area contributed by atoms with Crippen LogP contribution in [-0.4, -0.2) is 82.3 Å². The monoisotopic (exact) mass is 968 g/mol. The second-order valence-electron chi connectivity index (χ2n) is 19.8. The van der Waals surface area contributed by atoms with Gasteiger partial charge in [0.2, 0.25) is 0 Å². The van der Waals surface area contributed by atoms with E-state index < -0.39 is 24.3 Å². The molecule has 2 atom stereocenters. The molecule has 0 aliphatic rings. The molecule has 9 nitrogen and oxygen atoms in total. The third-order valence-corrected chi connectivity index (χ3v) is 11.9. The first-order valence-corrected chi connectivity index (χ1v) is 28.1. The normalized spacial score (nSPS) is 13.3. The molecule has 9 heteroatoms. The summed E-state index contributed by atoms with van der Waals surface area (Å²) in [5.41, 5.74) is 0. The number of esters is 2. The Kier molecular flexibility index (Phi) is 48.7. The summed E-state index contributed by atoms with van der Waals surface area (Å²) in [5, 5.41) is 11.8. The quantitative estimate of drug-likeness (QED) is 0.0195. The van der Waals surface area contributed by atoms with Gasteiger partial charge in [0.25, 0.3) is 0 Å². The number of unbranched alkanes of at least 4 members (excludes halogenated alkanes) is 24. The fourth-order valence-electron chi connectivity index (χ4n) is 7.62. The maximum atomic E-state index is 12.9. The Morgan fingerprint density at radius 2 is 0.826 bits per heavy atom. The van der Waals surface area contributed by atoms with Crippen LogP contribution >= 0.6 is 0 Å². The molecule has 398 valence electrons. The molecule has 0 aromatic heterocycles. The zero-order valence-electron chi connectivity index (χ0n) is 45.2. The highest BCUT2D eigenvalue weighted by atomic mass is 16.7. The fourth-order valence-corrected chi connectivity index (χ4v) is 7.62. The first kappa shape index (κ1) is 65.7. The fraction of sp³-hybridized carbons (Fsp3) is 0.750. The number of carbonyl (C=O) groups excluding carboxylic acids is 3. The van der Waals surface area contributed by atoms with Crippen LogP contribution in [0.25, 0.3) is 0 Å². The second kappa shape index (κ2) is 51.1. The number of aliphatic carboxylic acids is 1. The molecule has 0 rings (SSSR count). The van der Waals surface area contributed by atoms with E-state index in [0.717, 1.165) is 77.0 Å². The predicted molar refractivity (Wildman–Crippen MR) is 288 cm³/mol. The van der Waals surface area contributed by atoms with E-state index in [4.69, 9.17) is 18.9 Å². The molecule has 0 amide bonds. The van der Waals surface area contributed by atoms with Gasteiger partial charge in [-0.1, -0.05) is 209 Å². The van der Waals surface area contributed by atoms with E-state index in [1.54, 1.807) is 0 Å². The van der Waals surface area contributed by atoms with Crippen molar-refractivity contribution in [1.29, 1.82) is 0 Å². The van der Waals surface area contributed by atoms with Gasteiger partial charge >= 0.3 is 11.9 Å². The number of rotatable bonds is 51. The molecule has 0 N–H and O–H groups in total. The van der Waals surface area contributed by atoms with Crippen molar-refractivity contribution < 1.29 is 42.9 Å². The Bertz CT molecular complexity index is 1360. The van der Waals surface area contributed by atoms with Crippen LogP contribution in [0.5, 0.6) is 0 Å². The molecule has 0 saturated carbocycles. The summed E-state index contributed by atoms with van der Waals surface area (Å²) in [4.78, 5) is 37.3. The van der Waals surface area contributed by atoms with E-state index in [1.807, 2.05) is 21.1 Å². The summed E-state index contributed by atoms with van der Waals surface area (Å²) in [6, 6.07) is 0. The van der Waals surface area contributed by atoms with Gasteiger partial charge in [-0.05, 0) is 83.5 Å². The summed E-state index contributed by atoms with van der Waals surface area (Å²) >= 11 is 0. The molecule has 0 aromatic rings. The molecule has 0 fully saturated rings. The number of carbonyl (C=O) groups is 3. The standard InChI is InChI=1S/C60H105NO8/c1-6-8-10-12-14-16-18-20-22-24-26-28-29-31-33-35-37-39-41-43-45-47-49-51-58(63)69-56(55-68-60(59(64)65)66-53-52-61(3,4)5)54-67-57(62)50-48-46-44-42-40-38-36-34-32-30-27-25-23-21-19-17-15-13-11-9-7-2/h8,10,14,16,19-22,25-28,56,60H,6-7,9,11-13,15,17-18,23-24,29-55H2,1-5H3/b10-8-,16-14-,21-19-,22-20-,27-25-,28-26-. The highest BCUT2D eigenvalue weighted by Crippen LogP contribution is 2.15. The van der Waals surface area contributed by atoms with Gasteiger partial charge in [0.1, 0.15) is 13.2 Å². The molecule has 0 spiro atoms. The van der Waals surface area contributed by atoms with E-state index >= 15 is 0 Å². The van der Waals surface area contributed by atoms with Crippen LogP contribution in [-0.2, 0) is 33.3 Å². The van der Waals surface area contributed by atoms with Crippen molar-refractivity contribution in [2.24, 2.45) is 0 Å². The molecule has 69 heavy (non-hydrogen) atoms. The van der Waals surface area contributed by atoms with Crippen molar-refractivity contribution in [3.05, 3.63) is 72.9 Å². The average molecular weight is 968 g/mol. The minimum Gasteiger partial charge on any atom is -0.545 e. The lowest BCUT2D eigenvalue weighted by molar-refractivity contribution is -0.870. The van der Waals surface area contributed by atoms with Gasteiger partial charge in [-0.15, -0.1) is 0 Å². The van der Waals surface area contributed by atoms with E-state index in [0.29, 0.717) is 17.4 Å². The minimum atomic E-state index is -1.63. The zero-order chi connectivity index (χ0) is 50.6. The number of carboxylic acids is 1. The van der Waals surface area contributed by atoms with Crippen LogP contribution in [0.3, 0.4) is 0 Å². The molecule has 2 unspecified atom stereocenters. The summed E-state index contributed by atoms with van der Waals surface area (Å²) in [7, 11) is 5.91. The van der Waals surface area contributed by atoms with Gasteiger partial charge in [-0.25, -0.2) is 0 Å². The number of quaternary nitrogens is 1. The van der Waals surface area contributed by atoms with E-state index in [9.17, 15) is 19.5 Å². The van der Waals surface area contributed by atoms with Gasteiger partial charge in [0, 0.05) is 12.8 Å². The number of hydrogen-bond donors (Lipinski definition) is 0. The largest absolute Gasteiger partial charge is 0.545 e. The number of carboxylic acid groups (broad SMARTS) is 1. The van der Waals surface area contributed by atoms with Gasteiger partial charge in [-0.3, -0.25) is 9.59 Å². The highest BCUT2D eigenvalue weighted by molar-refractivity contribution is 5.70. The lowest BCUT2D eigenvalue weighted by atomic mass is 10.0.